The summed E-state index contributed by atoms with van der Waals surface area (Å²) < 4.78 is 187. The quantitative estimate of drug-likeness (QED) is 0.0219. The summed E-state index contributed by atoms with van der Waals surface area (Å²) in [4.78, 5) is 59.0. The van der Waals surface area contributed by atoms with Crippen molar-refractivity contribution in [2.45, 2.75) is 0 Å². The first kappa shape index (κ1) is 115. The van der Waals surface area contributed by atoms with Gasteiger partial charge in [-0.25, -0.2) is 0 Å². The summed E-state index contributed by atoms with van der Waals surface area (Å²) in [5.74, 6) is -1.66. The summed E-state index contributed by atoms with van der Waals surface area (Å²) in [5.41, 5.74) is 1.62. The van der Waals surface area contributed by atoms with Gasteiger partial charge in [0.2, 0.25) is 0 Å². The molecular formula is C94H150N2O38. The van der Waals surface area contributed by atoms with E-state index in [-0.39, 0.29) is 39.5 Å². The van der Waals surface area contributed by atoms with E-state index in [1.807, 2.05) is 24.3 Å². The van der Waals surface area contributed by atoms with Gasteiger partial charge in [-0.05, 0) is 56.6 Å². The van der Waals surface area contributed by atoms with E-state index < -0.39 is 23.6 Å². The van der Waals surface area contributed by atoms with E-state index in [1.165, 1.54) is 9.80 Å². The molecule has 0 unspecified atom stereocenters. The zero-order chi connectivity index (χ0) is 94.2. The standard InChI is InChI=1S/C94H150N2O38/c1-101-15-17-105-23-25-109-31-33-113-39-41-117-47-49-121-55-57-125-63-65-129-71-73-133-77-75-131-69-67-127-61-59-123-53-51-119-45-43-115-37-35-111-29-27-107-21-19-103-13-11-95-91(97)83-7-3-79-81-5-9-85-90-86(10-6-82(88(81)90)80-4-8-84(92(95)98)89(83)87(79)80)94(100)96(93(85)99)12-14-104-20-22-108-28-30-112-36-38-116-44-46-120-52-54-124-60-62-128-68-70-132-76-78-134-74-72-130-66-64-126-58-56-122-50-48-118-42-40-114-34-32-110-26-24-106-18-16-102-2/h3-10H,11-78H2,1-2H3. The van der Waals surface area contributed by atoms with Crippen LogP contribution >= 0.6 is 0 Å². The highest BCUT2D eigenvalue weighted by Gasteiger charge is 2.37. The van der Waals surface area contributed by atoms with Crippen LogP contribution in [0.25, 0.3) is 43.1 Å². The lowest BCUT2D eigenvalue weighted by Gasteiger charge is -2.30. The molecule has 0 fully saturated rings. The number of carbonyl (C=O) groups excluding carboxylic acids is 4. The average molecular weight is 1920 g/mol. The third-order valence-corrected chi connectivity index (χ3v) is 19.7. The Bertz CT molecular complexity index is 3350. The van der Waals surface area contributed by atoms with Crippen molar-refractivity contribution in [3.8, 4) is 0 Å². The molecule has 4 amide bonds. The molecular weight excluding hydrogens is 1770 g/mol. The predicted molar refractivity (Wildman–Crippen MR) is 488 cm³/mol. The summed E-state index contributed by atoms with van der Waals surface area (Å²) >= 11 is 0. The zero-order valence-corrected chi connectivity index (χ0v) is 79.1. The Kier molecular flexibility index (Phi) is 69.7. The molecule has 5 aromatic carbocycles. The molecule has 2 heterocycles. The Morgan fingerprint density at radius 2 is 0.246 bits per heavy atom. The first-order valence-corrected chi connectivity index (χ1v) is 46.9. The highest BCUT2D eigenvalue weighted by molar-refractivity contribution is 6.41. The molecule has 0 N–H and O–H groups in total. The molecule has 7 rings (SSSR count). The lowest BCUT2D eigenvalue weighted by molar-refractivity contribution is -0.0306. The molecule has 0 radical (unpaired) electrons. The van der Waals surface area contributed by atoms with Crippen LogP contribution in [0.15, 0.2) is 48.5 Å². The van der Waals surface area contributed by atoms with Gasteiger partial charge in [0.25, 0.3) is 23.6 Å². The Labute approximate surface area is 787 Å². The minimum Gasteiger partial charge on any atom is -0.382 e. The van der Waals surface area contributed by atoms with E-state index in [0.717, 1.165) is 32.3 Å². The van der Waals surface area contributed by atoms with Crippen molar-refractivity contribution in [2.24, 2.45) is 0 Å². The molecule has 2 aliphatic heterocycles. The minimum absolute atomic E-state index is 0.0506. The van der Waals surface area contributed by atoms with Crippen LogP contribution in [0.5, 0.6) is 0 Å². The maximum atomic E-state index is 14.1. The molecule has 0 aliphatic carbocycles. The summed E-state index contributed by atoms with van der Waals surface area (Å²) in [5, 5.41) is 5.88. The van der Waals surface area contributed by atoms with Crippen LogP contribution in [-0.4, -0.2) is 497 Å². The number of imide groups is 2. The minimum atomic E-state index is -0.416. The topological polar surface area (TPSA) is 389 Å². The van der Waals surface area contributed by atoms with Crippen molar-refractivity contribution in [1.82, 2.24) is 9.80 Å². The lowest BCUT2D eigenvalue weighted by atomic mass is 9.82. The fourth-order valence-electron chi connectivity index (χ4n) is 13.2. The predicted octanol–water partition coefficient (Wildman–Crippen LogP) is 4.75. The van der Waals surface area contributed by atoms with Crippen molar-refractivity contribution in [1.29, 1.82) is 0 Å². The fraction of sp³-hybridized carbons (Fsp3) is 0.745. The molecule has 5 aromatic rings. The van der Waals surface area contributed by atoms with Gasteiger partial charge in [-0.15, -0.1) is 0 Å². The van der Waals surface area contributed by atoms with Crippen LogP contribution in [0.3, 0.4) is 0 Å². The number of rotatable bonds is 102. The number of methoxy groups -OCH3 is 2. The van der Waals surface area contributed by atoms with Gasteiger partial charge in [0.05, 0.1) is 449 Å². The van der Waals surface area contributed by atoms with Crippen molar-refractivity contribution in [3.05, 3.63) is 70.8 Å². The Hall–Kier alpha value is -5.68. The number of amides is 4. The van der Waals surface area contributed by atoms with Crippen LogP contribution in [0.4, 0.5) is 0 Å². The number of hydrogen-bond acceptors (Lipinski definition) is 38. The molecule has 0 saturated heterocycles. The van der Waals surface area contributed by atoms with Crippen molar-refractivity contribution in [2.75, 3.05) is 463 Å². The molecule has 764 valence electrons. The second-order valence-electron chi connectivity index (χ2n) is 29.2. The zero-order valence-electron chi connectivity index (χ0n) is 79.1. The van der Waals surface area contributed by atoms with Crippen LogP contribution in [-0.2, 0) is 161 Å². The maximum absolute atomic E-state index is 14.1. The van der Waals surface area contributed by atoms with Crippen LogP contribution < -0.4 is 0 Å². The summed E-state index contributed by atoms with van der Waals surface area (Å²) in [6.45, 7) is 29.6. The SMILES string of the molecule is COCCOCCOCCOCCOCCOCCOCCOCCOCCOCCOCCOCCOCCOCCOCCOCCOCCN1C(=O)c2ccc3c4ccc5c6c(ccc(c7ccc(c2c37)C1=O)c64)C(=O)N(CCOCCOCCOCCOCCOCCOCCOCCOCCOCCOCCOCCOCCOCCOCCOCCOCCOC)C5=O. The Morgan fingerprint density at radius 3 is 0.358 bits per heavy atom. The molecule has 0 aromatic heterocycles. The van der Waals surface area contributed by atoms with E-state index in [4.69, 9.17) is 161 Å². The third kappa shape index (κ3) is 50.4. The number of carbonyl (C=O) groups is 4. The molecule has 0 spiro atoms. The van der Waals surface area contributed by atoms with Gasteiger partial charge in [0.1, 0.15) is 0 Å². The van der Waals surface area contributed by atoms with E-state index in [9.17, 15) is 19.2 Å². The molecule has 40 nitrogen and oxygen atoms in total. The molecule has 0 bridgehead atoms. The summed E-state index contributed by atoms with van der Waals surface area (Å²) in [7, 11) is 3.28. The van der Waals surface area contributed by atoms with E-state index in [1.54, 1.807) is 38.5 Å². The normalized spacial score (nSPS) is 12.9. The van der Waals surface area contributed by atoms with Crippen molar-refractivity contribution >= 4 is 66.7 Å². The second-order valence-corrected chi connectivity index (χ2v) is 29.2. The smallest absolute Gasteiger partial charge is 0.261 e. The molecule has 40 heteroatoms. The van der Waals surface area contributed by atoms with Gasteiger partial charge in [-0.3, -0.25) is 29.0 Å². The van der Waals surface area contributed by atoms with Crippen LogP contribution in [0.1, 0.15) is 41.4 Å². The van der Waals surface area contributed by atoms with Gasteiger partial charge in [-0.1, -0.05) is 24.3 Å². The third-order valence-electron chi connectivity index (χ3n) is 19.7. The fourth-order valence-corrected chi connectivity index (χ4v) is 13.2. The van der Waals surface area contributed by atoms with Crippen molar-refractivity contribution < 1.29 is 180 Å². The highest BCUT2D eigenvalue weighted by atomic mass is 16.6. The first-order chi connectivity index (χ1) is 66.5. The Morgan fingerprint density at radius 1 is 0.142 bits per heavy atom. The Balaban J connectivity index is 0.577. The lowest BCUT2D eigenvalue weighted by Crippen LogP contribution is -2.42. The monoisotopic (exact) mass is 1910 g/mol. The molecule has 2 aliphatic rings. The van der Waals surface area contributed by atoms with E-state index >= 15 is 0 Å². The number of nitrogens with zero attached hydrogens (tertiary/aromatic N) is 2. The molecule has 134 heavy (non-hydrogen) atoms. The van der Waals surface area contributed by atoms with Crippen LogP contribution in [0, 0.1) is 0 Å². The number of benzene rings is 5. The van der Waals surface area contributed by atoms with Gasteiger partial charge in [-0.2, -0.15) is 0 Å². The van der Waals surface area contributed by atoms with Crippen molar-refractivity contribution in [3.63, 3.8) is 0 Å². The van der Waals surface area contributed by atoms with E-state index in [0.29, 0.717) is 443 Å². The van der Waals surface area contributed by atoms with Gasteiger partial charge in [0.15, 0.2) is 0 Å². The number of ether oxygens (including phenoxy) is 34. The van der Waals surface area contributed by atoms with E-state index in [2.05, 4.69) is 0 Å². The van der Waals surface area contributed by atoms with Crippen LogP contribution in [0.2, 0.25) is 0 Å². The summed E-state index contributed by atoms with van der Waals surface area (Å²) in [6, 6.07) is 14.5. The van der Waals surface area contributed by atoms with Gasteiger partial charge >= 0.3 is 0 Å². The second kappa shape index (κ2) is 81.1. The largest absolute Gasteiger partial charge is 0.382 e. The average Bonchev–Trinajstić information content (AvgIpc) is 0.689. The number of hydrogen-bond donors (Lipinski definition) is 0. The highest BCUT2D eigenvalue weighted by Crippen LogP contribution is 2.46. The van der Waals surface area contributed by atoms with Gasteiger partial charge in [0, 0.05) is 47.2 Å². The summed E-state index contributed by atoms with van der Waals surface area (Å²) in [6.07, 6.45) is 0. The maximum Gasteiger partial charge on any atom is 0.261 e. The molecule has 0 saturated carbocycles. The first-order valence-electron chi connectivity index (χ1n) is 46.9. The molecule has 0 atom stereocenters. The van der Waals surface area contributed by atoms with Gasteiger partial charge < -0.3 is 161 Å². The number of fused-ring (bicyclic) bond motifs is 2.